The van der Waals surface area contributed by atoms with Gasteiger partial charge in [-0.1, -0.05) is 32.9 Å². The number of nitrogens with one attached hydrogen (secondary N) is 1. The van der Waals surface area contributed by atoms with E-state index >= 15 is 0 Å². The fourth-order valence-electron chi connectivity index (χ4n) is 3.80. The van der Waals surface area contributed by atoms with Crippen molar-refractivity contribution in [3.8, 4) is 11.5 Å². The number of ether oxygens (including phenoxy) is 2. The lowest BCUT2D eigenvalue weighted by atomic mass is 9.86. The third kappa shape index (κ3) is 5.37. The molecule has 1 N–H and O–H groups in total. The molecule has 6 heteroatoms. The van der Waals surface area contributed by atoms with Crippen molar-refractivity contribution in [2.24, 2.45) is 5.92 Å². The second kappa shape index (κ2) is 9.41. The smallest absolute Gasteiger partial charge is 0.253 e. The normalized spacial score (nSPS) is 14.8. The quantitative estimate of drug-likeness (QED) is 0.768. The van der Waals surface area contributed by atoms with Gasteiger partial charge in [0.2, 0.25) is 5.91 Å². The predicted molar refractivity (Wildman–Crippen MR) is 122 cm³/mol. The summed E-state index contributed by atoms with van der Waals surface area (Å²) in [5.74, 6) is 1.05. The fourth-order valence-corrected chi connectivity index (χ4v) is 3.80. The van der Waals surface area contributed by atoms with Gasteiger partial charge >= 0.3 is 0 Å². The maximum absolute atomic E-state index is 12.9. The highest BCUT2D eigenvalue weighted by Gasteiger charge is 2.28. The molecule has 0 unspecified atom stereocenters. The lowest BCUT2D eigenvalue weighted by molar-refractivity contribution is -0.121. The van der Waals surface area contributed by atoms with Crippen molar-refractivity contribution >= 4 is 17.5 Å². The number of rotatable bonds is 5. The number of likely N-dealkylation sites (tertiary alicyclic amines) is 1. The number of piperidine rings is 1. The summed E-state index contributed by atoms with van der Waals surface area (Å²) in [7, 11) is 3.14. The first-order valence-corrected chi connectivity index (χ1v) is 10.7. The maximum Gasteiger partial charge on any atom is 0.253 e. The summed E-state index contributed by atoms with van der Waals surface area (Å²) >= 11 is 0. The molecule has 2 amide bonds. The Bertz CT molecular complexity index is 924. The van der Waals surface area contributed by atoms with Crippen molar-refractivity contribution in [1.82, 2.24) is 4.90 Å². The van der Waals surface area contributed by atoms with Gasteiger partial charge in [-0.2, -0.15) is 0 Å². The summed E-state index contributed by atoms with van der Waals surface area (Å²) in [6.07, 6.45) is 1.29. The largest absolute Gasteiger partial charge is 0.493 e. The molecule has 31 heavy (non-hydrogen) atoms. The van der Waals surface area contributed by atoms with Crippen LogP contribution in [0.2, 0.25) is 0 Å². The summed E-state index contributed by atoms with van der Waals surface area (Å²) in [5, 5.41) is 2.96. The number of nitrogens with zero attached hydrogens (tertiary/aromatic N) is 1. The van der Waals surface area contributed by atoms with E-state index in [9.17, 15) is 9.59 Å². The molecule has 6 nitrogen and oxygen atoms in total. The van der Waals surface area contributed by atoms with E-state index in [0.717, 1.165) is 0 Å². The van der Waals surface area contributed by atoms with Crippen LogP contribution in [-0.2, 0) is 10.2 Å². The van der Waals surface area contributed by atoms with E-state index in [1.54, 1.807) is 32.4 Å². The topological polar surface area (TPSA) is 67.9 Å². The summed E-state index contributed by atoms with van der Waals surface area (Å²) in [4.78, 5) is 27.4. The maximum atomic E-state index is 12.9. The van der Waals surface area contributed by atoms with Crippen molar-refractivity contribution in [3.05, 3.63) is 53.6 Å². The number of carbonyl (C=O) groups excluding carboxylic acids is 2. The monoisotopic (exact) mass is 424 g/mol. The summed E-state index contributed by atoms with van der Waals surface area (Å²) < 4.78 is 10.5. The number of hydrogen-bond acceptors (Lipinski definition) is 4. The Labute approximate surface area is 184 Å². The van der Waals surface area contributed by atoms with Gasteiger partial charge in [0.15, 0.2) is 11.5 Å². The molecule has 2 aromatic rings. The van der Waals surface area contributed by atoms with Crippen molar-refractivity contribution in [2.75, 3.05) is 32.6 Å². The number of hydrogen-bond donors (Lipinski definition) is 1. The van der Waals surface area contributed by atoms with Gasteiger partial charge < -0.3 is 19.7 Å². The Morgan fingerprint density at radius 1 is 0.935 bits per heavy atom. The standard InChI is InChI=1S/C25H32N2O4/c1-25(2,3)19-8-6-18(7-9-19)24(29)27-14-12-17(13-15-27)23(28)26-20-10-11-21(30-4)22(16-20)31-5/h6-11,16-17H,12-15H2,1-5H3,(H,26,28). The van der Waals surface area contributed by atoms with E-state index in [0.29, 0.717) is 48.7 Å². The van der Waals surface area contributed by atoms with E-state index in [4.69, 9.17) is 9.47 Å². The molecular formula is C25H32N2O4. The van der Waals surface area contributed by atoms with Crippen molar-refractivity contribution in [2.45, 2.75) is 39.0 Å². The fraction of sp³-hybridized carbons (Fsp3) is 0.440. The Hall–Kier alpha value is -3.02. The van der Waals surface area contributed by atoms with E-state index in [1.165, 1.54) is 5.56 Å². The van der Waals surface area contributed by atoms with Gasteiger partial charge in [-0.15, -0.1) is 0 Å². The number of methoxy groups -OCH3 is 2. The molecule has 1 saturated heterocycles. The third-order valence-corrected chi connectivity index (χ3v) is 5.80. The van der Waals surface area contributed by atoms with Crippen molar-refractivity contribution in [1.29, 1.82) is 0 Å². The highest BCUT2D eigenvalue weighted by atomic mass is 16.5. The average molecular weight is 425 g/mol. The highest BCUT2D eigenvalue weighted by Crippen LogP contribution is 2.30. The zero-order chi connectivity index (χ0) is 22.6. The first-order valence-electron chi connectivity index (χ1n) is 10.7. The van der Waals surface area contributed by atoms with Crippen LogP contribution in [0.5, 0.6) is 11.5 Å². The Morgan fingerprint density at radius 2 is 1.55 bits per heavy atom. The Balaban J connectivity index is 1.56. The van der Waals surface area contributed by atoms with Gasteiger partial charge in [-0.3, -0.25) is 9.59 Å². The number of carbonyl (C=O) groups is 2. The molecular weight excluding hydrogens is 392 g/mol. The van der Waals surface area contributed by atoms with Gasteiger partial charge in [0.1, 0.15) is 0 Å². The molecule has 1 aliphatic heterocycles. The van der Waals surface area contributed by atoms with Gasteiger partial charge in [0.05, 0.1) is 14.2 Å². The van der Waals surface area contributed by atoms with Crippen LogP contribution in [-0.4, -0.2) is 44.0 Å². The molecule has 2 aromatic carbocycles. The lowest BCUT2D eigenvalue weighted by Crippen LogP contribution is -2.41. The van der Waals surface area contributed by atoms with Crippen molar-refractivity contribution < 1.29 is 19.1 Å². The van der Waals surface area contributed by atoms with E-state index in [2.05, 4.69) is 26.1 Å². The average Bonchev–Trinajstić information content (AvgIpc) is 2.78. The first kappa shape index (κ1) is 22.7. The van der Waals surface area contributed by atoms with Crippen LogP contribution in [0, 0.1) is 5.92 Å². The lowest BCUT2D eigenvalue weighted by Gasteiger charge is -2.31. The first-order chi connectivity index (χ1) is 14.7. The number of amides is 2. The SMILES string of the molecule is COc1ccc(NC(=O)C2CCN(C(=O)c3ccc(C(C)(C)C)cc3)CC2)cc1OC. The Morgan fingerprint density at radius 3 is 2.10 bits per heavy atom. The zero-order valence-corrected chi connectivity index (χ0v) is 19.0. The van der Waals surface area contributed by atoms with Crippen LogP contribution in [0.3, 0.4) is 0 Å². The summed E-state index contributed by atoms with van der Waals surface area (Å²) in [6, 6.07) is 13.2. The Kier molecular flexibility index (Phi) is 6.88. The molecule has 1 heterocycles. The van der Waals surface area contributed by atoms with Crippen LogP contribution in [0.25, 0.3) is 0 Å². The molecule has 0 aliphatic carbocycles. The minimum atomic E-state index is -0.125. The number of anilines is 1. The van der Waals surface area contributed by atoms with Crippen LogP contribution >= 0.6 is 0 Å². The van der Waals surface area contributed by atoms with E-state index in [1.807, 2.05) is 29.2 Å². The second-order valence-electron chi connectivity index (χ2n) is 8.95. The minimum Gasteiger partial charge on any atom is -0.493 e. The van der Waals surface area contributed by atoms with Crippen LogP contribution in [0.4, 0.5) is 5.69 Å². The summed E-state index contributed by atoms with van der Waals surface area (Å²) in [5.41, 5.74) is 2.62. The van der Waals surface area contributed by atoms with Crippen LogP contribution < -0.4 is 14.8 Å². The highest BCUT2D eigenvalue weighted by molar-refractivity contribution is 5.95. The van der Waals surface area contributed by atoms with Crippen LogP contribution in [0.1, 0.15) is 49.5 Å². The third-order valence-electron chi connectivity index (χ3n) is 5.80. The van der Waals surface area contributed by atoms with E-state index in [-0.39, 0.29) is 23.1 Å². The van der Waals surface area contributed by atoms with Gasteiger partial charge in [0.25, 0.3) is 5.91 Å². The van der Waals surface area contributed by atoms with Gasteiger partial charge in [-0.05, 0) is 48.1 Å². The van der Waals surface area contributed by atoms with Gasteiger partial charge in [0, 0.05) is 36.3 Å². The summed E-state index contributed by atoms with van der Waals surface area (Å²) in [6.45, 7) is 7.61. The molecule has 3 rings (SSSR count). The van der Waals surface area contributed by atoms with Crippen LogP contribution in [0.15, 0.2) is 42.5 Å². The molecule has 0 spiro atoms. The molecule has 0 saturated carbocycles. The van der Waals surface area contributed by atoms with E-state index < -0.39 is 0 Å². The minimum absolute atomic E-state index is 0.0270. The second-order valence-corrected chi connectivity index (χ2v) is 8.95. The molecule has 0 bridgehead atoms. The molecule has 166 valence electrons. The molecule has 0 radical (unpaired) electrons. The molecule has 1 fully saturated rings. The predicted octanol–water partition coefficient (Wildman–Crippen LogP) is 4.49. The van der Waals surface area contributed by atoms with Gasteiger partial charge in [-0.25, -0.2) is 0 Å². The molecule has 0 atom stereocenters. The zero-order valence-electron chi connectivity index (χ0n) is 19.0. The molecule has 1 aliphatic rings. The molecule has 0 aromatic heterocycles. The number of benzene rings is 2. The van der Waals surface area contributed by atoms with Crippen molar-refractivity contribution in [3.63, 3.8) is 0 Å².